The van der Waals surface area contributed by atoms with Gasteiger partial charge in [-0.3, -0.25) is 0 Å². The molecular formula is C20H28ClN5O2. The molecule has 2 aliphatic rings. The number of nitrogens with one attached hydrogen (secondary N) is 1. The van der Waals surface area contributed by atoms with Gasteiger partial charge in [0.15, 0.2) is 0 Å². The summed E-state index contributed by atoms with van der Waals surface area (Å²) < 4.78 is 5.53. The normalized spacial score (nSPS) is 20.0. The number of likely N-dealkylation sites (tertiary alicyclic amines) is 1. The SMILES string of the molecule is Cl.NCc1ccc(-c2noc(C3CCCN(C(=O)NC4CCCC4)C3)n2)cc1. The lowest BCUT2D eigenvalue weighted by atomic mass is 9.98. The van der Waals surface area contributed by atoms with Crippen molar-refractivity contribution in [1.82, 2.24) is 20.4 Å². The van der Waals surface area contributed by atoms with E-state index in [0.29, 0.717) is 30.8 Å². The molecule has 1 saturated heterocycles. The van der Waals surface area contributed by atoms with Crippen LogP contribution in [0, 0.1) is 0 Å². The largest absolute Gasteiger partial charge is 0.339 e. The van der Waals surface area contributed by atoms with Gasteiger partial charge >= 0.3 is 6.03 Å². The summed E-state index contributed by atoms with van der Waals surface area (Å²) in [6, 6.07) is 8.24. The minimum absolute atomic E-state index is 0. The summed E-state index contributed by atoms with van der Waals surface area (Å²) in [4.78, 5) is 19.0. The van der Waals surface area contributed by atoms with E-state index in [9.17, 15) is 4.79 Å². The smallest absolute Gasteiger partial charge is 0.317 e. The van der Waals surface area contributed by atoms with E-state index in [1.54, 1.807) is 0 Å². The topological polar surface area (TPSA) is 97.3 Å². The van der Waals surface area contributed by atoms with Crippen LogP contribution >= 0.6 is 12.4 Å². The molecule has 1 aliphatic heterocycles. The Morgan fingerprint density at radius 1 is 1.18 bits per heavy atom. The highest BCUT2D eigenvalue weighted by atomic mass is 35.5. The summed E-state index contributed by atoms with van der Waals surface area (Å²) in [5.74, 6) is 1.30. The predicted octanol–water partition coefficient (Wildman–Crippen LogP) is 3.45. The Morgan fingerprint density at radius 2 is 1.93 bits per heavy atom. The summed E-state index contributed by atoms with van der Waals surface area (Å²) in [5, 5.41) is 7.31. The molecule has 1 saturated carbocycles. The first kappa shape index (κ1) is 20.6. The van der Waals surface area contributed by atoms with Crippen molar-refractivity contribution in [1.29, 1.82) is 0 Å². The highest BCUT2D eigenvalue weighted by molar-refractivity contribution is 5.85. The molecule has 3 N–H and O–H groups in total. The first-order valence-electron chi connectivity index (χ1n) is 9.91. The average Bonchev–Trinajstić information content (AvgIpc) is 3.40. The molecule has 4 rings (SSSR count). The lowest BCUT2D eigenvalue weighted by Crippen LogP contribution is -2.47. The van der Waals surface area contributed by atoms with Crippen molar-refractivity contribution >= 4 is 18.4 Å². The molecule has 2 amide bonds. The Bertz CT molecular complexity index is 773. The molecule has 2 aromatic rings. The van der Waals surface area contributed by atoms with E-state index < -0.39 is 0 Å². The third-order valence-electron chi connectivity index (χ3n) is 5.63. The van der Waals surface area contributed by atoms with Gasteiger partial charge in [0.05, 0.1) is 5.92 Å². The number of nitrogens with two attached hydrogens (primary N) is 1. The Balaban J connectivity index is 0.00000225. The first-order valence-corrected chi connectivity index (χ1v) is 9.91. The van der Waals surface area contributed by atoms with Crippen molar-refractivity contribution < 1.29 is 9.32 Å². The number of piperidine rings is 1. The lowest BCUT2D eigenvalue weighted by molar-refractivity contribution is 0.168. The van der Waals surface area contributed by atoms with Gasteiger partial charge in [-0.05, 0) is 31.2 Å². The Labute approximate surface area is 171 Å². The third kappa shape index (κ3) is 4.64. The van der Waals surface area contributed by atoms with Crippen LogP contribution in [0.4, 0.5) is 4.79 Å². The Hall–Kier alpha value is -2.12. The molecule has 1 atom stereocenters. The second-order valence-corrected chi connectivity index (χ2v) is 7.57. The highest BCUT2D eigenvalue weighted by Gasteiger charge is 2.30. The van der Waals surface area contributed by atoms with Crippen LogP contribution in [0.3, 0.4) is 0 Å². The van der Waals surface area contributed by atoms with Crippen LogP contribution in [-0.4, -0.2) is 40.2 Å². The van der Waals surface area contributed by atoms with Crippen molar-refractivity contribution in [3.63, 3.8) is 0 Å². The van der Waals surface area contributed by atoms with Gasteiger partial charge in [0.25, 0.3) is 0 Å². The van der Waals surface area contributed by atoms with E-state index in [1.807, 2.05) is 29.2 Å². The fourth-order valence-corrected chi connectivity index (χ4v) is 4.01. The standard InChI is InChI=1S/C20H27N5O2.ClH/c21-12-14-7-9-15(10-8-14)18-23-19(27-24-18)16-4-3-11-25(13-16)20(26)22-17-5-1-2-6-17;/h7-10,16-17H,1-6,11-13,21H2,(H,22,26);1H. The Morgan fingerprint density at radius 3 is 2.64 bits per heavy atom. The van der Waals surface area contributed by atoms with Crippen LogP contribution in [0.25, 0.3) is 11.4 Å². The quantitative estimate of drug-likeness (QED) is 0.811. The monoisotopic (exact) mass is 405 g/mol. The van der Waals surface area contributed by atoms with E-state index in [2.05, 4.69) is 15.5 Å². The molecule has 2 fully saturated rings. The van der Waals surface area contributed by atoms with Gasteiger partial charge in [0.1, 0.15) is 0 Å². The number of carbonyl (C=O) groups is 1. The second kappa shape index (κ2) is 9.39. The molecule has 28 heavy (non-hydrogen) atoms. The van der Waals surface area contributed by atoms with E-state index >= 15 is 0 Å². The summed E-state index contributed by atoms with van der Waals surface area (Å²) in [6.07, 6.45) is 6.53. The first-order chi connectivity index (χ1) is 13.2. The number of nitrogens with zero attached hydrogens (tertiary/aromatic N) is 3. The average molecular weight is 406 g/mol. The molecule has 1 unspecified atom stereocenters. The van der Waals surface area contributed by atoms with E-state index in [-0.39, 0.29) is 24.4 Å². The summed E-state index contributed by atoms with van der Waals surface area (Å²) in [5.41, 5.74) is 7.62. The van der Waals surface area contributed by atoms with Gasteiger partial charge in [-0.1, -0.05) is 42.3 Å². The molecule has 0 radical (unpaired) electrons. The molecule has 1 aliphatic carbocycles. The van der Waals surface area contributed by atoms with E-state index in [0.717, 1.165) is 43.4 Å². The Kier molecular flexibility index (Phi) is 6.91. The number of amides is 2. The number of benzene rings is 1. The maximum atomic E-state index is 12.6. The molecular weight excluding hydrogens is 378 g/mol. The predicted molar refractivity (Wildman–Crippen MR) is 109 cm³/mol. The van der Waals surface area contributed by atoms with Crippen LogP contribution in [0.5, 0.6) is 0 Å². The molecule has 1 aromatic heterocycles. The maximum absolute atomic E-state index is 12.6. The highest BCUT2D eigenvalue weighted by Crippen LogP contribution is 2.28. The maximum Gasteiger partial charge on any atom is 0.317 e. The molecule has 7 nitrogen and oxygen atoms in total. The van der Waals surface area contributed by atoms with Gasteiger partial charge in [-0.15, -0.1) is 12.4 Å². The lowest BCUT2D eigenvalue weighted by Gasteiger charge is -2.32. The van der Waals surface area contributed by atoms with Crippen LogP contribution in [0.1, 0.15) is 55.9 Å². The van der Waals surface area contributed by atoms with Crippen molar-refractivity contribution in [2.24, 2.45) is 5.73 Å². The number of rotatable bonds is 4. The molecule has 8 heteroatoms. The van der Waals surface area contributed by atoms with Gasteiger partial charge < -0.3 is 20.5 Å². The van der Waals surface area contributed by atoms with Crippen molar-refractivity contribution in [3.8, 4) is 11.4 Å². The van der Waals surface area contributed by atoms with Crippen LogP contribution in [-0.2, 0) is 6.54 Å². The van der Waals surface area contributed by atoms with Crippen molar-refractivity contribution in [3.05, 3.63) is 35.7 Å². The van der Waals surface area contributed by atoms with Crippen LogP contribution in [0.15, 0.2) is 28.8 Å². The molecule has 1 aromatic carbocycles. The molecule has 0 bridgehead atoms. The van der Waals surface area contributed by atoms with Gasteiger partial charge in [0, 0.05) is 31.2 Å². The molecule has 0 spiro atoms. The molecule has 152 valence electrons. The van der Waals surface area contributed by atoms with Crippen molar-refractivity contribution in [2.75, 3.05) is 13.1 Å². The van der Waals surface area contributed by atoms with Crippen molar-refractivity contribution in [2.45, 2.75) is 57.0 Å². The number of aromatic nitrogens is 2. The minimum Gasteiger partial charge on any atom is -0.339 e. The zero-order valence-corrected chi connectivity index (χ0v) is 16.8. The zero-order valence-electron chi connectivity index (χ0n) is 16.0. The molecule has 2 heterocycles. The van der Waals surface area contributed by atoms with Crippen LogP contribution < -0.4 is 11.1 Å². The fraction of sp³-hybridized carbons (Fsp3) is 0.550. The summed E-state index contributed by atoms with van der Waals surface area (Å²) in [7, 11) is 0. The second-order valence-electron chi connectivity index (χ2n) is 7.57. The number of urea groups is 1. The number of carbonyl (C=O) groups excluding carboxylic acids is 1. The fourth-order valence-electron chi connectivity index (χ4n) is 4.01. The number of hydrogen-bond acceptors (Lipinski definition) is 5. The third-order valence-corrected chi connectivity index (χ3v) is 5.63. The van der Waals surface area contributed by atoms with E-state index in [4.69, 9.17) is 10.3 Å². The van der Waals surface area contributed by atoms with Gasteiger partial charge in [0.2, 0.25) is 11.7 Å². The van der Waals surface area contributed by atoms with E-state index in [1.165, 1.54) is 12.8 Å². The summed E-state index contributed by atoms with van der Waals surface area (Å²) in [6.45, 7) is 1.93. The van der Waals surface area contributed by atoms with Crippen LogP contribution in [0.2, 0.25) is 0 Å². The number of halogens is 1. The minimum atomic E-state index is 0. The van der Waals surface area contributed by atoms with Gasteiger partial charge in [-0.25, -0.2) is 4.79 Å². The zero-order chi connectivity index (χ0) is 18.6. The number of hydrogen-bond donors (Lipinski definition) is 2. The summed E-state index contributed by atoms with van der Waals surface area (Å²) >= 11 is 0. The van der Waals surface area contributed by atoms with Gasteiger partial charge in [-0.2, -0.15) is 4.98 Å².